The molecule has 6 nitrogen and oxygen atoms in total. The maximum absolute atomic E-state index is 12.4. The highest BCUT2D eigenvalue weighted by molar-refractivity contribution is 5.76. The van der Waals surface area contributed by atoms with E-state index in [-0.39, 0.29) is 18.5 Å². The van der Waals surface area contributed by atoms with E-state index < -0.39 is 12.1 Å². The van der Waals surface area contributed by atoms with Crippen molar-refractivity contribution in [3.63, 3.8) is 0 Å². The molecule has 0 saturated carbocycles. The number of carbonyl (C=O) groups excluding carboxylic acids is 2. The molecular formula is C54H103NO5. The Morgan fingerprint density at radius 3 is 1.18 bits per heavy atom. The Morgan fingerprint density at radius 1 is 0.450 bits per heavy atom. The number of nitrogens with one attached hydrogen (secondary N) is 1. The number of carbonyl (C=O) groups is 2. The smallest absolute Gasteiger partial charge is 0.305 e. The number of esters is 1. The molecule has 0 aliphatic rings. The van der Waals surface area contributed by atoms with Crippen LogP contribution in [-0.2, 0) is 14.3 Å². The predicted molar refractivity (Wildman–Crippen MR) is 260 cm³/mol. The third kappa shape index (κ3) is 45.9. The van der Waals surface area contributed by atoms with E-state index in [1.54, 1.807) is 6.08 Å². The summed E-state index contributed by atoms with van der Waals surface area (Å²) in [4.78, 5) is 24.5. The fourth-order valence-electron chi connectivity index (χ4n) is 8.10. The summed E-state index contributed by atoms with van der Waals surface area (Å²) in [6.07, 6.45) is 58.9. The van der Waals surface area contributed by atoms with E-state index in [9.17, 15) is 19.8 Å². The van der Waals surface area contributed by atoms with Crippen molar-refractivity contribution < 1.29 is 24.5 Å². The lowest BCUT2D eigenvalue weighted by Gasteiger charge is -2.20. The summed E-state index contributed by atoms with van der Waals surface area (Å²) < 4.78 is 5.47. The minimum Gasteiger partial charge on any atom is -0.466 e. The highest BCUT2D eigenvalue weighted by Crippen LogP contribution is 2.16. The molecule has 2 atom stereocenters. The van der Waals surface area contributed by atoms with Gasteiger partial charge in [0.2, 0.25) is 5.91 Å². The van der Waals surface area contributed by atoms with Crippen LogP contribution in [0.25, 0.3) is 0 Å². The van der Waals surface area contributed by atoms with Gasteiger partial charge in [0.1, 0.15) is 0 Å². The quantitative estimate of drug-likeness (QED) is 0.0322. The van der Waals surface area contributed by atoms with Crippen molar-refractivity contribution in [2.24, 2.45) is 0 Å². The molecule has 2 unspecified atom stereocenters. The van der Waals surface area contributed by atoms with Crippen LogP contribution in [0.3, 0.4) is 0 Å². The van der Waals surface area contributed by atoms with Gasteiger partial charge in [0.25, 0.3) is 0 Å². The van der Waals surface area contributed by atoms with Gasteiger partial charge in [-0.15, -0.1) is 0 Å². The van der Waals surface area contributed by atoms with Gasteiger partial charge in [0, 0.05) is 12.8 Å². The summed E-state index contributed by atoms with van der Waals surface area (Å²) in [5.74, 6) is -0.0916. The summed E-state index contributed by atoms with van der Waals surface area (Å²) in [6.45, 7) is 4.86. The lowest BCUT2D eigenvalue weighted by Crippen LogP contribution is -2.45. The zero-order valence-corrected chi connectivity index (χ0v) is 40.2. The molecule has 1 amide bonds. The summed E-state index contributed by atoms with van der Waals surface area (Å²) in [6, 6.07) is -0.636. The predicted octanol–water partition coefficient (Wildman–Crippen LogP) is 15.9. The van der Waals surface area contributed by atoms with Crippen LogP contribution in [-0.4, -0.2) is 47.4 Å². The molecule has 0 heterocycles. The van der Waals surface area contributed by atoms with Gasteiger partial charge in [-0.3, -0.25) is 9.59 Å². The van der Waals surface area contributed by atoms with Crippen molar-refractivity contribution in [1.29, 1.82) is 0 Å². The Balaban J connectivity index is 3.45. The maximum Gasteiger partial charge on any atom is 0.305 e. The van der Waals surface area contributed by atoms with Crippen molar-refractivity contribution in [3.05, 3.63) is 24.3 Å². The molecule has 0 radical (unpaired) electrons. The minimum absolute atomic E-state index is 0.0101. The molecule has 0 aromatic carbocycles. The van der Waals surface area contributed by atoms with E-state index in [0.717, 1.165) is 57.8 Å². The molecule has 0 spiro atoms. The average Bonchev–Trinajstić information content (AvgIpc) is 3.25. The summed E-state index contributed by atoms with van der Waals surface area (Å²) in [5.41, 5.74) is 0. The first-order valence-corrected chi connectivity index (χ1v) is 26.6. The number of ether oxygens (including phenoxy) is 1. The van der Waals surface area contributed by atoms with Gasteiger partial charge in [-0.2, -0.15) is 0 Å². The second-order valence-corrected chi connectivity index (χ2v) is 18.2. The Kier molecular flexibility index (Phi) is 48.6. The summed E-state index contributed by atoms with van der Waals surface area (Å²) in [5, 5.41) is 23.0. The van der Waals surface area contributed by atoms with E-state index in [0.29, 0.717) is 19.4 Å². The standard InChI is InChI=1S/C54H103NO5/c1-3-5-7-9-11-13-15-17-18-19-20-21-24-28-32-36-40-44-48-54(59)60-49-45-41-37-33-29-25-22-23-27-31-35-39-43-47-53(58)55-51(50-56)52(57)46-42-38-34-30-26-16-14-12-10-8-6-4-2/h18-19,42,46,51-52,56-57H,3-17,20-41,43-45,47-50H2,1-2H3,(H,55,58)/b19-18-,46-42+. The number of aliphatic hydroxyl groups is 2. The number of hydrogen-bond acceptors (Lipinski definition) is 5. The lowest BCUT2D eigenvalue weighted by atomic mass is 10.0. The van der Waals surface area contributed by atoms with Gasteiger partial charge in [-0.05, 0) is 57.8 Å². The SMILES string of the molecule is CCCCCCCCC/C=C\CCCCCCCCCC(=O)OCCCCCCCCCCCCCCCC(=O)NC(CO)C(O)/C=C/CCCCCCCCCCCC. The van der Waals surface area contributed by atoms with Gasteiger partial charge in [-0.25, -0.2) is 0 Å². The van der Waals surface area contributed by atoms with Crippen LogP contribution >= 0.6 is 0 Å². The highest BCUT2D eigenvalue weighted by Gasteiger charge is 2.18. The van der Waals surface area contributed by atoms with Crippen LogP contribution < -0.4 is 5.32 Å². The summed E-state index contributed by atoms with van der Waals surface area (Å²) in [7, 11) is 0. The van der Waals surface area contributed by atoms with Gasteiger partial charge in [0.05, 0.1) is 25.4 Å². The van der Waals surface area contributed by atoms with Crippen molar-refractivity contribution in [3.8, 4) is 0 Å². The second-order valence-electron chi connectivity index (χ2n) is 18.2. The number of amides is 1. The largest absolute Gasteiger partial charge is 0.466 e. The Hall–Kier alpha value is -1.66. The zero-order chi connectivity index (χ0) is 43.7. The molecule has 0 bridgehead atoms. The van der Waals surface area contributed by atoms with Crippen LogP contribution in [0.15, 0.2) is 24.3 Å². The van der Waals surface area contributed by atoms with E-state index in [2.05, 4.69) is 31.3 Å². The second kappa shape index (κ2) is 50.0. The fraction of sp³-hybridized carbons (Fsp3) is 0.889. The molecule has 0 fully saturated rings. The molecule has 6 heteroatoms. The van der Waals surface area contributed by atoms with E-state index in [4.69, 9.17) is 4.74 Å². The average molecular weight is 846 g/mol. The highest BCUT2D eigenvalue weighted by atomic mass is 16.5. The zero-order valence-electron chi connectivity index (χ0n) is 40.2. The first kappa shape index (κ1) is 58.3. The van der Waals surface area contributed by atoms with Crippen LogP contribution in [0.1, 0.15) is 284 Å². The number of unbranched alkanes of at least 4 members (excludes halogenated alkanes) is 36. The van der Waals surface area contributed by atoms with Crippen molar-refractivity contribution >= 4 is 11.9 Å². The first-order chi connectivity index (χ1) is 29.5. The van der Waals surface area contributed by atoms with Crippen molar-refractivity contribution in [2.75, 3.05) is 13.2 Å². The maximum atomic E-state index is 12.4. The molecule has 0 rings (SSSR count). The molecule has 0 saturated heterocycles. The van der Waals surface area contributed by atoms with Gasteiger partial charge < -0.3 is 20.3 Å². The molecule has 3 N–H and O–H groups in total. The van der Waals surface area contributed by atoms with Crippen LogP contribution in [0.4, 0.5) is 0 Å². The van der Waals surface area contributed by atoms with Gasteiger partial charge in [-0.1, -0.05) is 237 Å². The number of allylic oxidation sites excluding steroid dienone is 3. The molecule has 60 heavy (non-hydrogen) atoms. The van der Waals surface area contributed by atoms with Crippen LogP contribution in [0, 0.1) is 0 Å². The Labute approximate surface area is 373 Å². The third-order valence-electron chi connectivity index (χ3n) is 12.2. The monoisotopic (exact) mass is 846 g/mol. The van der Waals surface area contributed by atoms with E-state index >= 15 is 0 Å². The third-order valence-corrected chi connectivity index (χ3v) is 12.2. The normalized spacial score (nSPS) is 12.8. The Bertz CT molecular complexity index is 935. The molecule has 0 aromatic rings. The minimum atomic E-state index is -0.851. The van der Waals surface area contributed by atoms with Crippen molar-refractivity contribution in [1.82, 2.24) is 5.32 Å². The topological polar surface area (TPSA) is 95.9 Å². The van der Waals surface area contributed by atoms with E-state index in [1.807, 2.05) is 6.08 Å². The molecular weight excluding hydrogens is 743 g/mol. The van der Waals surface area contributed by atoms with Crippen molar-refractivity contribution in [2.45, 2.75) is 296 Å². The molecule has 0 aliphatic heterocycles. The lowest BCUT2D eigenvalue weighted by molar-refractivity contribution is -0.143. The first-order valence-electron chi connectivity index (χ1n) is 26.6. The van der Waals surface area contributed by atoms with Crippen LogP contribution in [0.5, 0.6) is 0 Å². The van der Waals surface area contributed by atoms with E-state index in [1.165, 1.54) is 199 Å². The fourth-order valence-corrected chi connectivity index (χ4v) is 8.10. The summed E-state index contributed by atoms with van der Waals surface area (Å²) >= 11 is 0. The molecule has 0 aromatic heterocycles. The van der Waals surface area contributed by atoms with Gasteiger partial charge >= 0.3 is 5.97 Å². The molecule has 0 aliphatic carbocycles. The molecule has 354 valence electrons. The van der Waals surface area contributed by atoms with Crippen LogP contribution in [0.2, 0.25) is 0 Å². The number of aliphatic hydroxyl groups excluding tert-OH is 2. The Morgan fingerprint density at radius 2 is 0.783 bits per heavy atom. The number of hydrogen-bond donors (Lipinski definition) is 3. The van der Waals surface area contributed by atoms with Gasteiger partial charge in [0.15, 0.2) is 0 Å². The number of rotatable bonds is 49.